The monoisotopic (exact) mass is 681 g/mol. The van der Waals surface area contributed by atoms with E-state index in [1.54, 1.807) is 19.2 Å². The SMILES string of the molecule is Cc1ccc(S(=O)(=O)OCCOCCOCCOCCOCCOCCOCCOCCOCCN(C)C(=O)OC(C)(C)C)cc1. The molecule has 0 aliphatic heterocycles. The Balaban J connectivity index is 1.74. The summed E-state index contributed by atoms with van der Waals surface area (Å²) in [7, 11) is -2.10. The number of carbonyl (C=O) groups excluding carboxylic acids is 1. The number of ether oxygens (including phenoxy) is 9. The largest absolute Gasteiger partial charge is 0.444 e. The smallest absolute Gasteiger partial charge is 0.410 e. The second-order valence-corrected chi connectivity index (χ2v) is 12.5. The Labute approximate surface area is 274 Å². The van der Waals surface area contributed by atoms with E-state index in [9.17, 15) is 13.2 Å². The Hall–Kier alpha value is -1.92. The zero-order chi connectivity index (χ0) is 33.9. The Morgan fingerprint density at radius 2 is 0.913 bits per heavy atom. The van der Waals surface area contributed by atoms with Crippen LogP contribution in [0.4, 0.5) is 4.79 Å². The summed E-state index contributed by atoms with van der Waals surface area (Å²) >= 11 is 0. The highest BCUT2D eigenvalue weighted by atomic mass is 32.2. The summed E-state index contributed by atoms with van der Waals surface area (Å²) in [5, 5.41) is 0. The first-order valence-corrected chi connectivity index (χ1v) is 16.9. The van der Waals surface area contributed by atoms with Crippen LogP contribution in [0.25, 0.3) is 0 Å². The topological polar surface area (TPSA) is 147 Å². The highest BCUT2D eigenvalue weighted by Gasteiger charge is 2.19. The van der Waals surface area contributed by atoms with Crippen molar-refractivity contribution in [3.63, 3.8) is 0 Å². The molecule has 1 aromatic rings. The van der Waals surface area contributed by atoms with Crippen LogP contribution in [0.3, 0.4) is 0 Å². The molecule has 268 valence electrons. The summed E-state index contributed by atoms with van der Waals surface area (Å²) in [6.07, 6.45) is -0.372. The molecule has 1 amide bonds. The number of aryl methyl sites for hydroxylation is 1. The van der Waals surface area contributed by atoms with Crippen molar-refractivity contribution in [3.05, 3.63) is 29.8 Å². The third kappa shape index (κ3) is 24.3. The van der Waals surface area contributed by atoms with Crippen LogP contribution in [0, 0.1) is 6.92 Å². The fourth-order valence-electron chi connectivity index (χ4n) is 3.25. The zero-order valence-corrected chi connectivity index (χ0v) is 29.0. The van der Waals surface area contributed by atoms with Gasteiger partial charge in [-0.05, 0) is 39.8 Å². The summed E-state index contributed by atoms with van der Waals surface area (Å²) in [4.78, 5) is 13.5. The molecule has 0 radical (unpaired) electrons. The summed E-state index contributed by atoms with van der Waals surface area (Å²) in [6.45, 7) is 14.4. The predicted molar refractivity (Wildman–Crippen MR) is 170 cm³/mol. The lowest BCUT2D eigenvalue weighted by Crippen LogP contribution is -2.36. The molecule has 0 aromatic heterocycles. The lowest BCUT2D eigenvalue weighted by molar-refractivity contribution is -0.0240. The normalized spacial score (nSPS) is 12.0. The van der Waals surface area contributed by atoms with Gasteiger partial charge < -0.3 is 47.5 Å². The van der Waals surface area contributed by atoms with Gasteiger partial charge in [0.15, 0.2) is 0 Å². The molecule has 46 heavy (non-hydrogen) atoms. The van der Waals surface area contributed by atoms with E-state index in [2.05, 4.69) is 0 Å². The second kappa shape index (κ2) is 26.1. The molecule has 0 saturated carbocycles. The predicted octanol–water partition coefficient (Wildman–Crippen LogP) is 2.70. The van der Waals surface area contributed by atoms with Crippen molar-refractivity contribution in [2.24, 2.45) is 0 Å². The van der Waals surface area contributed by atoms with Crippen LogP contribution in [-0.4, -0.2) is 151 Å². The van der Waals surface area contributed by atoms with Gasteiger partial charge in [-0.3, -0.25) is 4.18 Å². The maximum atomic E-state index is 12.1. The number of hydrogen-bond donors (Lipinski definition) is 0. The Morgan fingerprint density at radius 1 is 0.587 bits per heavy atom. The van der Waals surface area contributed by atoms with Gasteiger partial charge in [0.2, 0.25) is 0 Å². The highest BCUT2D eigenvalue weighted by molar-refractivity contribution is 7.86. The minimum absolute atomic E-state index is 0.0633. The second-order valence-electron chi connectivity index (χ2n) is 10.9. The average Bonchev–Trinajstić information content (AvgIpc) is 3.00. The first-order valence-electron chi connectivity index (χ1n) is 15.5. The first kappa shape index (κ1) is 42.1. The average molecular weight is 682 g/mol. The number of benzene rings is 1. The molecule has 14 nitrogen and oxygen atoms in total. The molecule has 0 saturated heterocycles. The van der Waals surface area contributed by atoms with Gasteiger partial charge in [0.1, 0.15) is 5.60 Å². The third-order valence-electron chi connectivity index (χ3n) is 5.66. The number of nitrogens with zero attached hydrogens (tertiary/aromatic N) is 1. The molecule has 0 aliphatic carbocycles. The van der Waals surface area contributed by atoms with Gasteiger partial charge in [-0.25, -0.2) is 4.79 Å². The van der Waals surface area contributed by atoms with Gasteiger partial charge in [0, 0.05) is 13.6 Å². The van der Waals surface area contributed by atoms with E-state index in [1.807, 2.05) is 27.7 Å². The molecule has 15 heteroatoms. The van der Waals surface area contributed by atoms with Crippen molar-refractivity contribution in [1.82, 2.24) is 4.90 Å². The van der Waals surface area contributed by atoms with Gasteiger partial charge in [0.05, 0.1) is 117 Å². The van der Waals surface area contributed by atoms with Crippen molar-refractivity contribution in [2.75, 3.05) is 126 Å². The van der Waals surface area contributed by atoms with Crippen molar-refractivity contribution in [2.45, 2.75) is 38.2 Å². The molecule has 0 aliphatic rings. The summed E-state index contributed by atoms with van der Waals surface area (Å²) in [5.74, 6) is 0. The third-order valence-corrected chi connectivity index (χ3v) is 6.98. The van der Waals surface area contributed by atoms with Gasteiger partial charge >= 0.3 is 6.09 Å². The molecule has 0 spiro atoms. The Bertz CT molecular complexity index is 987. The van der Waals surface area contributed by atoms with Crippen molar-refractivity contribution in [1.29, 1.82) is 0 Å². The van der Waals surface area contributed by atoms with E-state index in [4.69, 9.17) is 46.8 Å². The maximum absolute atomic E-state index is 12.1. The van der Waals surface area contributed by atoms with E-state index in [0.29, 0.717) is 106 Å². The minimum atomic E-state index is -3.78. The van der Waals surface area contributed by atoms with Crippen molar-refractivity contribution < 1.29 is 60.0 Å². The van der Waals surface area contributed by atoms with E-state index in [1.165, 1.54) is 17.0 Å². The summed E-state index contributed by atoms with van der Waals surface area (Å²) < 4.78 is 77.9. The van der Waals surface area contributed by atoms with Crippen molar-refractivity contribution in [3.8, 4) is 0 Å². The minimum Gasteiger partial charge on any atom is -0.444 e. The Morgan fingerprint density at radius 3 is 1.26 bits per heavy atom. The fourth-order valence-corrected chi connectivity index (χ4v) is 4.14. The van der Waals surface area contributed by atoms with E-state index in [-0.39, 0.29) is 24.2 Å². The highest BCUT2D eigenvalue weighted by Crippen LogP contribution is 2.13. The van der Waals surface area contributed by atoms with Gasteiger partial charge in [-0.2, -0.15) is 8.42 Å². The molecule has 0 N–H and O–H groups in total. The number of likely N-dealkylation sites (N-methyl/N-ethyl adjacent to an activating group) is 1. The molecule has 0 heterocycles. The van der Waals surface area contributed by atoms with Crippen LogP contribution >= 0.6 is 0 Å². The number of amides is 1. The number of hydrogen-bond acceptors (Lipinski definition) is 13. The molecule has 0 bridgehead atoms. The van der Waals surface area contributed by atoms with Crippen LogP contribution in [0.1, 0.15) is 26.3 Å². The van der Waals surface area contributed by atoms with Crippen LogP contribution in [0.15, 0.2) is 29.2 Å². The van der Waals surface area contributed by atoms with E-state index >= 15 is 0 Å². The summed E-state index contributed by atoms with van der Waals surface area (Å²) in [5.41, 5.74) is 0.455. The van der Waals surface area contributed by atoms with E-state index < -0.39 is 15.7 Å². The lowest BCUT2D eigenvalue weighted by Gasteiger charge is -2.24. The van der Waals surface area contributed by atoms with Crippen LogP contribution in [0.5, 0.6) is 0 Å². The molecule has 0 fully saturated rings. The van der Waals surface area contributed by atoms with E-state index in [0.717, 1.165) is 5.56 Å². The molecule has 0 unspecified atom stereocenters. The quantitative estimate of drug-likeness (QED) is 0.0903. The van der Waals surface area contributed by atoms with Crippen LogP contribution in [-0.2, 0) is 56.9 Å². The molecular formula is C31H55NO13S. The zero-order valence-electron chi connectivity index (χ0n) is 28.2. The first-order chi connectivity index (χ1) is 22.0. The number of carbonyl (C=O) groups is 1. The van der Waals surface area contributed by atoms with Crippen molar-refractivity contribution >= 4 is 16.2 Å². The number of rotatable bonds is 29. The van der Waals surface area contributed by atoms with Gasteiger partial charge in [-0.1, -0.05) is 17.7 Å². The van der Waals surface area contributed by atoms with Gasteiger partial charge in [-0.15, -0.1) is 0 Å². The molecule has 1 rings (SSSR count). The van der Waals surface area contributed by atoms with Gasteiger partial charge in [0.25, 0.3) is 10.1 Å². The summed E-state index contributed by atoms with van der Waals surface area (Å²) in [6, 6.07) is 6.47. The Kier molecular flexibility index (Phi) is 23.9. The molecule has 0 atom stereocenters. The molecular weight excluding hydrogens is 626 g/mol. The van der Waals surface area contributed by atoms with Crippen LogP contribution < -0.4 is 0 Å². The maximum Gasteiger partial charge on any atom is 0.410 e. The standard InChI is InChI=1S/C31H55NO13S/c1-28-6-8-29(9-7-28)46(34,35)44-27-26-43-25-24-42-23-22-41-21-20-40-19-18-39-17-16-38-15-14-37-13-12-36-11-10-32(5)30(33)45-31(2,3)4/h6-9H,10-27H2,1-5H3. The van der Waals surface area contributed by atoms with Crippen LogP contribution in [0.2, 0.25) is 0 Å². The molecule has 1 aromatic carbocycles. The lowest BCUT2D eigenvalue weighted by atomic mass is 10.2. The fraction of sp³-hybridized carbons (Fsp3) is 0.774.